The summed E-state index contributed by atoms with van der Waals surface area (Å²) < 4.78 is 6.14. The van der Waals surface area contributed by atoms with E-state index in [0.29, 0.717) is 0 Å². The zero-order valence-electron chi connectivity index (χ0n) is 13.2. The number of furan rings is 1. The van der Waals surface area contributed by atoms with Crippen LogP contribution in [0.25, 0.3) is 11.0 Å². The zero-order chi connectivity index (χ0) is 14.7. The predicted octanol–water partition coefficient (Wildman–Crippen LogP) is 3.92. The normalized spacial score (nSPS) is 15.8. The number of para-hydroxylation sites is 1. The van der Waals surface area contributed by atoms with Crippen LogP contribution in [0.3, 0.4) is 0 Å². The molecule has 1 saturated carbocycles. The lowest BCUT2D eigenvalue weighted by Gasteiger charge is -2.34. The third kappa shape index (κ3) is 3.14. The average Bonchev–Trinajstić information content (AvgIpc) is 2.75. The van der Waals surface area contributed by atoms with Gasteiger partial charge >= 0.3 is 0 Å². The minimum atomic E-state index is 0.745. The van der Waals surface area contributed by atoms with Gasteiger partial charge < -0.3 is 9.73 Å². The van der Waals surface area contributed by atoms with Crippen LogP contribution in [0.5, 0.6) is 0 Å². The molecule has 0 radical (unpaired) electrons. The van der Waals surface area contributed by atoms with Crippen molar-refractivity contribution in [1.29, 1.82) is 0 Å². The molecule has 0 amide bonds. The van der Waals surface area contributed by atoms with Crippen molar-refractivity contribution < 1.29 is 4.42 Å². The van der Waals surface area contributed by atoms with E-state index in [-0.39, 0.29) is 0 Å². The Morgan fingerprint density at radius 1 is 1.29 bits per heavy atom. The first-order chi connectivity index (χ1) is 10.3. The third-order valence-corrected chi connectivity index (χ3v) is 4.60. The number of benzene rings is 1. The van der Waals surface area contributed by atoms with Crippen LogP contribution in [0, 0.1) is 0 Å². The Morgan fingerprint density at radius 3 is 2.81 bits per heavy atom. The molecule has 1 heterocycles. The van der Waals surface area contributed by atoms with Crippen LogP contribution in [-0.4, -0.2) is 24.5 Å². The quantitative estimate of drug-likeness (QED) is 0.782. The van der Waals surface area contributed by atoms with Crippen LogP contribution in [-0.2, 0) is 13.1 Å². The number of hydrogen-bond donors (Lipinski definition) is 1. The topological polar surface area (TPSA) is 28.4 Å². The molecule has 114 valence electrons. The highest BCUT2D eigenvalue weighted by Gasteiger charge is 2.24. The summed E-state index contributed by atoms with van der Waals surface area (Å²) >= 11 is 0. The number of nitrogens with one attached hydrogen (secondary N) is 1. The molecule has 1 aromatic carbocycles. The van der Waals surface area contributed by atoms with Crippen LogP contribution in [0.1, 0.15) is 43.9 Å². The van der Waals surface area contributed by atoms with Gasteiger partial charge in [0.2, 0.25) is 0 Å². The van der Waals surface area contributed by atoms with E-state index in [4.69, 9.17) is 4.42 Å². The second kappa shape index (κ2) is 6.63. The van der Waals surface area contributed by atoms with Crippen LogP contribution in [0.4, 0.5) is 0 Å². The summed E-state index contributed by atoms with van der Waals surface area (Å²) in [5.74, 6) is 1.13. The van der Waals surface area contributed by atoms with Crippen molar-refractivity contribution in [2.75, 3.05) is 13.6 Å². The van der Waals surface area contributed by atoms with Gasteiger partial charge in [0.25, 0.3) is 0 Å². The van der Waals surface area contributed by atoms with E-state index in [1.165, 1.54) is 30.2 Å². The van der Waals surface area contributed by atoms with Crippen molar-refractivity contribution in [3.8, 4) is 0 Å². The highest BCUT2D eigenvalue weighted by atomic mass is 16.3. The lowest BCUT2D eigenvalue weighted by atomic mass is 9.92. The third-order valence-electron chi connectivity index (χ3n) is 4.60. The molecule has 1 fully saturated rings. The SMILES string of the molecule is CCCNCc1c(CN(C)C2CCC2)oc2ccccc12. The summed E-state index contributed by atoms with van der Waals surface area (Å²) in [6, 6.07) is 9.14. The standard InChI is InChI=1S/C18H26N2O/c1-3-11-19-12-16-15-9-4-5-10-17(15)21-18(16)13-20(2)14-7-6-8-14/h4-5,9-10,14,19H,3,6-8,11-13H2,1-2H3. The van der Waals surface area contributed by atoms with Crippen LogP contribution >= 0.6 is 0 Å². The van der Waals surface area contributed by atoms with Gasteiger partial charge in [-0.3, -0.25) is 4.90 Å². The smallest absolute Gasteiger partial charge is 0.134 e. The minimum Gasteiger partial charge on any atom is -0.459 e. The molecule has 3 rings (SSSR count). The largest absolute Gasteiger partial charge is 0.459 e. The molecule has 0 saturated heterocycles. The lowest BCUT2D eigenvalue weighted by molar-refractivity contribution is 0.143. The summed E-state index contributed by atoms with van der Waals surface area (Å²) in [7, 11) is 2.22. The molecule has 21 heavy (non-hydrogen) atoms. The molecule has 1 aliphatic rings. The average molecular weight is 286 g/mol. The molecule has 2 aromatic rings. The molecule has 3 heteroatoms. The molecule has 1 aliphatic carbocycles. The summed E-state index contributed by atoms with van der Waals surface area (Å²) in [6.07, 6.45) is 5.20. The van der Waals surface area contributed by atoms with Gasteiger partial charge in [0, 0.05) is 23.5 Å². The molecule has 0 unspecified atom stereocenters. The Balaban J connectivity index is 1.82. The Bertz CT molecular complexity index is 586. The van der Waals surface area contributed by atoms with Crippen LogP contribution in [0.2, 0.25) is 0 Å². The minimum absolute atomic E-state index is 0.745. The summed E-state index contributed by atoms with van der Waals surface area (Å²) in [5.41, 5.74) is 2.35. The van der Waals surface area contributed by atoms with E-state index in [1.807, 2.05) is 0 Å². The lowest BCUT2D eigenvalue weighted by Crippen LogP contribution is -2.36. The summed E-state index contributed by atoms with van der Waals surface area (Å²) in [4.78, 5) is 2.45. The van der Waals surface area contributed by atoms with E-state index >= 15 is 0 Å². The second-order valence-corrected chi connectivity index (χ2v) is 6.18. The van der Waals surface area contributed by atoms with Gasteiger partial charge in [-0.25, -0.2) is 0 Å². The van der Waals surface area contributed by atoms with Crippen molar-refractivity contribution in [3.05, 3.63) is 35.6 Å². The van der Waals surface area contributed by atoms with Gasteiger partial charge in [0.05, 0.1) is 6.54 Å². The Labute approximate surface area is 127 Å². The highest BCUT2D eigenvalue weighted by Crippen LogP contribution is 2.30. The number of hydrogen-bond acceptors (Lipinski definition) is 3. The highest BCUT2D eigenvalue weighted by molar-refractivity contribution is 5.82. The Kier molecular flexibility index (Phi) is 4.61. The van der Waals surface area contributed by atoms with Gasteiger partial charge in [-0.2, -0.15) is 0 Å². The molecule has 0 atom stereocenters. The van der Waals surface area contributed by atoms with E-state index in [2.05, 4.69) is 48.5 Å². The van der Waals surface area contributed by atoms with Crippen LogP contribution < -0.4 is 5.32 Å². The fourth-order valence-electron chi connectivity index (χ4n) is 3.04. The zero-order valence-corrected chi connectivity index (χ0v) is 13.2. The van der Waals surface area contributed by atoms with Crippen molar-refractivity contribution in [1.82, 2.24) is 10.2 Å². The first-order valence-corrected chi connectivity index (χ1v) is 8.20. The van der Waals surface area contributed by atoms with Crippen molar-refractivity contribution >= 4 is 11.0 Å². The molecule has 0 bridgehead atoms. The number of fused-ring (bicyclic) bond motifs is 1. The van der Waals surface area contributed by atoms with Gasteiger partial charge in [-0.05, 0) is 38.9 Å². The van der Waals surface area contributed by atoms with Gasteiger partial charge in [0.15, 0.2) is 0 Å². The van der Waals surface area contributed by atoms with Gasteiger partial charge in [0.1, 0.15) is 11.3 Å². The van der Waals surface area contributed by atoms with E-state index in [0.717, 1.165) is 43.4 Å². The maximum Gasteiger partial charge on any atom is 0.134 e. The first-order valence-electron chi connectivity index (χ1n) is 8.20. The van der Waals surface area contributed by atoms with E-state index < -0.39 is 0 Å². The summed E-state index contributed by atoms with van der Waals surface area (Å²) in [6.45, 7) is 5.07. The van der Waals surface area contributed by atoms with Crippen molar-refractivity contribution in [2.24, 2.45) is 0 Å². The Hall–Kier alpha value is -1.32. The van der Waals surface area contributed by atoms with Crippen molar-refractivity contribution in [3.63, 3.8) is 0 Å². The van der Waals surface area contributed by atoms with E-state index in [1.54, 1.807) is 0 Å². The monoisotopic (exact) mass is 286 g/mol. The maximum absolute atomic E-state index is 6.14. The van der Waals surface area contributed by atoms with Crippen molar-refractivity contribution in [2.45, 2.75) is 51.7 Å². The molecule has 0 spiro atoms. The molecule has 0 aliphatic heterocycles. The predicted molar refractivity (Wildman–Crippen MR) is 87.3 cm³/mol. The van der Waals surface area contributed by atoms with E-state index in [9.17, 15) is 0 Å². The second-order valence-electron chi connectivity index (χ2n) is 6.18. The molecule has 3 nitrogen and oxygen atoms in total. The molecular weight excluding hydrogens is 260 g/mol. The first kappa shape index (κ1) is 14.6. The van der Waals surface area contributed by atoms with Crippen LogP contribution in [0.15, 0.2) is 28.7 Å². The fourth-order valence-corrected chi connectivity index (χ4v) is 3.04. The summed E-state index contributed by atoms with van der Waals surface area (Å²) in [5, 5.41) is 4.78. The van der Waals surface area contributed by atoms with Gasteiger partial charge in [-0.15, -0.1) is 0 Å². The van der Waals surface area contributed by atoms with Gasteiger partial charge in [-0.1, -0.05) is 31.5 Å². The maximum atomic E-state index is 6.14. The molecule has 1 N–H and O–H groups in total. The molecular formula is C18H26N2O. The fraction of sp³-hybridized carbons (Fsp3) is 0.556. The number of nitrogens with zero attached hydrogens (tertiary/aromatic N) is 1. The number of rotatable bonds is 7. The molecule has 1 aromatic heterocycles. The Morgan fingerprint density at radius 2 is 2.10 bits per heavy atom.